The van der Waals surface area contributed by atoms with Gasteiger partial charge in [0.05, 0.1) is 0 Å². The van der Waals surface area contributed by atoms with E-state index < -0.39 is 30.1 Å². The summed E-state index contributed by atoms with van der Waals surface area (Å²) in [5.74, 6) is 0.184. The molecule has 8 atom stereocenters. The number of hydrogen-bond donors (Lipinski definition) is 1. The standard InChI is InChI=1S/C18H29NO6/c1-5-19-16(20)22-14-11(3)13-7-6-10(2)12-8-9-17(4)23-15(21-14)18(12,13)25-24-17/h10-15H,5-9H2,1-4H3,(H,19,20). The number of carbonyl (C=O) groups excluding carboxylic acids is 1. The molecule has 5 rings (SSSR count). The lowest BCUT2D eigenvalue weighted by Crippen LogP contribution is -2.70. The molecule has 7 nitrogen and oxygen atoms in total. The lowest BCUT2D eigenvalue weighted by Gasteiger charge is -2.59. The minimum absolute atomic E-state index is 0.00325. The second kappa shape index (κ2) is 6.08. The Hall–Kier alpha value is -0.890. The van der Waals surface area contributed by atoms with Gasteiger partial charge >= 0.3 is 6.09 Å². The fraction of sp³-hybridized carbons (Fsp3) is 0.944. The van der Waals surface area contributed by atoms with Crippen molar-refractivity contribution in [2.75, 3.05) is 6.54 Å². The summed E-state index contributed by atoms with van der Waals surface area (Å²) in [5.41, 5.74) is -0.617. The maximum absolute atomic E-state index is 11.9. The topological polar surface area (TPSA) is 75.3 Å². The van der Waals surface area contributed by atoms with E-state index in [1.54, 1.807) is 0 Å². The molecule has 1 N–H and O–H groups in total. The smallest absolute Gasteiger partial charge is 0.409 e. The van der Waals surface area contributed by atoms with Crippen LogP contribution in [0.3, 0.4) is 0 Å². The molecular weight excluding hydrogens is 326 g/mol. The third-order valence-corrected chi connectivity index (χ3v) is 6.64. The van der Waals surface area contributed by atoms with Crippen LogP contribution in [0.2, 0.25) is 0 Å². The molecule has 1 spiro atoms. The SMILES string of the molecule is CCNC(=O)OC1OC2OC3(C)CCC4C(C)CCC(C1C)C24OO3. The van der Waals surface area contributed by atoms with Crippen molar-refractivity contribution in [2.24, 2.45) is 23.7 Å². The zero-order chi connectivity index (χ0) is 17.8. The van der Waals surface area contributed by atoms with E-state index in [0.717, 1.165) is 25.7 Å². The Kier molecular flexibility index (Phi) is 4.26. The van der Waals surface area contributed by atoms with Gasteiger partial charge in [0, 0.05) is 24.8 Å². The summed E-state index contributed by atoms with van der Waals surface area (Å²) in [4.78, 5) is 23.7. The first kappa shape index (κ1) is 17.5. The van der Waals surface area contributed by atoms with Crippen LogP contribution in [-0.4, -0.2) is 36.6 Å². The van der Waals surface area contributed by atoms with Crippen LogP contribution < -0.4 is 5.32 Å². The highest BCUT2D eigenvalue weighted by atomic mass is 17.3. The molecule has 142 valence electrons. The van der Waals surface area contributed by atoms with Gasteiger partial charge in [-0.15, -0.1) is 0 Å². The van der Waals surface area contributed by atoms with Crippen molar-refractivity contribution in [3.8, 4) is 0 Å². The quantitative estimate of drug-likeness (QED) is 0.768. The summed E-state index contributed by atoms with van der Waals surface area (Å²) >= 11 is 0. The number of nitrogens with one attached hydrogen (secondary N) is 1. The molecule has 0 radical (unpaired) electrons. The van der Waals surface area contributed by atoms with Crippen molar-refractivity contribution >= 4 is 6.09 Å². The number of rotatable bonds is 2. The maximum atomic E-state index is 11.9. The van der Waals surface area contributed by atoms with Gasteiger partial charge in [-0.25, -0.2) is 14.6 Å². The lowest BCUT2D eigenvalue weighted by molar-refractivity contribution is -0.576. The van der Waals surface area contributed by atoms with Crippen LogP contribution >= 0.6 is 0 Å². The summed E-state index contributed by atoms with van der Waals surface area (Å²) in [6, 6.07) is 0. The molecule has 4 saturated heterocycles. The summed E-state index contributed by atoms with van der Waals surface area (Å²) in [6.07, 6.45) is 2.18. The average Bonchev–Trinajstić information content (AvgIpc) is 2.79. The largest absolute Gasteiger partial charge is 0.419 e. The van der Waals surface area contributed by atoms with Crippen LogP contribution in [-0.2, 0) is 24.0 Å². The number of fused-ring (bicyclic) bond motifs is 2. The minimum Gasteiger partial charge on any atom is -0.419 e. The maximum Gasteiger partial charge on any atom is 0.409 e. The van der Waals surface area contributed by atoms with E-state index in [-0.39, 0.29) is 11.8 Å². The fourth-order valence-electron chi connectivity index (χ4n) is 5.30. The predicted molar refractivity (Wildman–Crippen MR) is 87.0 cm³/mol. The molecule has 5 aliphatic rings. The van der Waals surface area contributed by atoms with Crippen LogP contribution in [0.15, 0.2) is 0 Å². The Morgan fingerprint density at radius 1 is 1.20 bits per heavy atom. The molecule has 1 amide bonds. The second-order valence-corrected chi connectivity index (χ2v) is 8.21. The summed E-state index contributed by atoms with van der Waals surface area (Å²) in [7, 11) is 0. The first-order valence-electron chi connectivity index (χ1n) is 9.54. The van der Waals surface area contributed by atoms with E-state index in [2.05, 4.69) is 19.2 Å². The monoisotopic (exact) mass is 355 g/mol. The second-order valence-electron chi connectivity index (χ2n) is 8.21. The Bertz CT molecular complexity index is 544. The van der Waals surface area contributed by atoms with Gasteiger partial charge in [-0.2, -0.15) is 0 Å². The molecule has 7 heteroatoms. The first-order valence-corrected chi connectivity index (χ1v) is 9.54. The molecule has 0 aromatic heterocycles. The van der Waals surface area contributed by atoms with Crippen LogP contribution in [0.5, 0.6) is 0 Å². The summed E-state index contributed by atoms with van der Waals surface area (Å²) < 4.78 is 17.9. The van der Waals surface area contributed by atoms with E-state index >= 15 is 0 Å². The van der Waals surface area contributed by atoms with Gasteiger partial charge in [-0.1, -0.05) is 13.8 Å². The van der Waals surface area contributed by atoms with Crippen LogP contribution in [0.25, 0.3) is 0 Å². The molecule has 25 heavy (non-hydrogen) atoms. The van der Waals surface area contributed by atoms with Gasteiger partial charge in [0.15, 0.2) is 11.9 Å². The fourth-order valence-corrected chi connectivity index (χ4v) is 5.30. The van der Waals surface area contributed by atoms with Crippen LogP contribution in [0.4, 0.5) is 4.79 Å². The Morgan fingerprint density at radius 2 is 2.00 bits per heavy atom. The molecule has 0 aromatic rings. The van der Waals surface area contributed by atoms with E-state index in [0.29, 0.717) is 18.4 Å². The molecule has 4 aliphatic heterocycles. The number of carbonyl (C=O) groups is 1. The van der Waals surface area contributed by atoms with Gasteiger partial charge < -0.3 is 19.5 Å². The Balaban J connectivity index is 1.66. The van der Waals surface area contributed by atoms with Gasteiger partial charge in [-0.05, 0) is 44.9 Å². The highest BCUT2D eigenvalue weighted by Crippen LogP contribution is 2.60. The predicted octanol–water partition coefficient (Wildman–Crippen LogP) is 2.94. The van der Waals surface area contributed by atoms with Crippen LogP contribution in [0.1, 0.15) is 53.4 Å². The van der Waals surface area contributed by atoms with E-state index in [4.69, 9.17) is 24.0 Å². The Labute approximate surface area is 148 Å². The van der Waals surface area contributed by atoms with Crippen LogP contribution in [0, 0.1) is 23.7 Å². The number of ether oxygens (including phenoxy) is 3. The first-order chi connectivity index (χ1) is 11.9. The van der Waals surface area contributed by atoms with E-state index in [9.17, 15) is 4.79 Å². The summed E-state index contributed by atoms with van der Waals surface area (Å²) in [6.45, 7) is 8.60. The number of hydrogen-bond acceptors (Lipinski definition) is 6. The van der Waals surface area contributed by atoms with Gasteiger partial charge in [0.1, 0.15) is 0 Å². The molecule has 8 unspecified atom stereocenters. The Morgan fingerprint density at radius 3 is 2.76 bits per heavy atom. The van der Waals surface area contributed by atoms with E-state index in [1.807, 2.05) is 13.8 Å². The zero-order valence-electron chi connectivity index (χ0n) is 15.4. The van der Waals surface area contributed by atoms with Gasteiger partial charge in [0.25, 0.3) is 0 Å². The van der Waals surface area contributed by atoms with Crippen molar-refractivity contribution in [3.63, 3.8) is 0 Å². The van der Waals surface area contributed by atoms with Crippen molar-refractivity contribution in [2.45, 2.75) is 77.3 Å². The third-order valence-electron chi connectivity index (χ3n) is 6.64. The third kappa shape index (κ3) is 2.59. The van der Waals surface area contributed by atoms with Crippen molar-refractivity contribution in [1.29, 1.82) is 0 Å². The van der Waals surface area contributed by atoms with Crippen molar-refractivity contribution in [3.05, 3.63) is 0 Å². The molecule has 1 aliphatic carbocycles. The highest BCUT2D eigenvalue weighted by molar-refractivity contribution is 5.67. The normalized spacial score (nSPS) is 51.4. The van der Waals surface area contributed by atoms with Crippen molar-refractivity contribution < 1.29 is 28.8 Å². The number of alkyl carbamates (subject to hydrolysis) is 1. The lowest BCUT2D eigenvalue weighted by atomic mass is 9.58. The highest BCUT2D eigenvalue weighted by Gasteiger charge is 2.69. The molecule has 0 aromatic carbocycles. The molecule has 1 saturated carbocycles. The van der Waals surface area contributed by atoms with E-state index in [1.165, 1.54) is 0 Å². The zero-order valence-corrected chi connectivity index (χ0v) is 15.4. The van der Waals surface area contributed by atoms with Gasteiger partial charge in [0.2, 0.25) is 12.1 Å². The molecular formula is C18H29NO6. The van der Waals surface area contributed by atoms with Gasteiger partial charge in [-0.3, -0.25) is 0 Å². The average molecular weight is 355 g/mol. The molecule has 4 heterocycles. The number of amides is 1. The van der Waals surface area contributed by atoms with Crippen molar-refractivity contribution in [1.82, 2.24) is 5.32 Å². The minimum atomic E-state index is -0.811. The molecule has 5 fully saturated rings. The molecule has 2 bridgehead atoms. The summed E-state index contributed by atoms with van der Waals surface area (Å²) in [5, 5.41) is 2.66.